The van der Waals surface area contributed by atoms with Gasteiger partial charge in [-0.25, -0.2) is 0 Å². The topological polar surface area (TPSA) is 6.48 Å². The molecule has 1 radical (unpaired) electrons. The minimum Gasteiger partial charge on any atom is -0.323 e. The van der Waals surface area contributed by atoms with Gasteiger partial charge >= 0.3 is 0 Å². The van der Waals surface area contributed by atoms with Crippen LogP contribution in [0.15, 0.2) is 126 Å². The van der Waals surface area contributed by atoms with Crippen LogP contribution in [-0.2, 0) is 0 Å². The third kappa shape index (κ3) is 5.76. The Morgan fingerprint density at radius 1 is 0.767 bits per heavy atom. The molecule has 2 nitrogen and oxygen atoms in total. The van der Waals surface area contributed by atoms with Crippen LogP contribution in [0, 0.1) is 6.92 Å². The van der Waals surface area contributed by atoms with Crippen molar-refractivity contribution in [3.8, 4) is 11.1 Å². The molecule has 3 aromatic carbocycles. The van der Waals surface area contributed by atoms with Gasteiger partial charge in [0.05, 0.1) is 20.9 Å². The number of unbranched alkanes of at least 4 members (excludes halogenated alkanes) is 3. The van der Waals surface area contributed by atoms with E-state index in [4.69, 9.17) is 0 Å². The number of benzene rings is 3. The molecule has 2 unspecified atom stereocenters. The number of allylic oxidation sites excluding steroid dienone is 4. The van der Waals surface area contributed by atoms with Crippen molar-refractivity contribution in [2.45, 2.75) is 78.1 Å². The first-order valence-corrected chi connectivity index (χ1v) is 18.6. The Hall–Kier alpha value is -3.82. The molecule has 3 aliphatic rings. The van der Waals surface area contributed by atoms with Gasteiger partial charge in [0.1, 0.15) is 5.82 Å². The second-order valence-corrected chi connectivity index (χ2v) is 15.0. The van der Waals surface area contributed by atoms with Crippen molar-refractivity contribution in [1.82, 2.24) is 9.80 Å². The lowest BCUT2D eigenvalue weighted by molar-refractivity contribution is 0.246. The van der Waals surface area contributed by atoms with Gasteiger partial charge in [-0.1, -0.05) is 124 Å². The smallest absolute Gasteiger partial charge is 0.114 e. The Balaban J connectivity index is 1.50. The second-order valence-electron chi connectivity index (χ2n) is 12.5. The van der Waals surface area contributed by atoms with E-state index in [1.54, 1.807) is 10.8 Å². The molecule has 6 rings (SSSR count). The van der Waals surface area contributed by atoms with Gasteiger partial charge in [0.2, 0.25) is 0 Å². The predicted molar refractivity (Wildman–Crippen MR) is 185 cm³/mol. The zero-order valence-electron chi connectivity index (χ0n) is 26.5. The van der Waals surface area contributed by atoms with Gasteiger partial charge in [-0.05, 0) is 88.6 Å². The maximum Gasteiger partial charge on any atom is 0.114 e. The lowest BCUT2D eigenvalue weighted by atomic mass is 9.85. The summed E-state index contributed by atoms with van der Waals surface area (Å²) in [5.41, 5.74) is 11.1. The van der Waals surface area contributed by atoms with Crippen LogP contribution in [0.25, 0.3) is 17.2 Å². The average molecular weight is 582 g/mol. The molecule has 0 amide bonds. The average Bonchev–Trinajstić information content (AvgIpc) is 3.03. The SMILES string of the molecule is CCCCCCC1=C(C)C(c2ccc(-c3ccccc3)cc2C)N(C2=Cc3ccccc3C3C=CC=CN23)C=C1[Si](C)C. The summed E-state index contributed by atoms with van der Waals surface area (Å²) in [4.78, 5) is 5.10. The molecule has 2 atom stereocenters. The molecule has 0 bridgehead atoms. The first kappa shape index (κ1) is 29.3. The Morgan fingerprint density at radius 3 is 2.33 bits per heavy atom. The summed E-state index contributed by atoms with van der Waals surface area (Å²) in [7, 11) is -0.690. The van der Waals surface area contributed by atoms with Crippen molar-refractivity contribution in [1.29, 1.82) is 0 Å². The highest BCUT2D eigenvalue weighted by Crippen LogP contribution is 2.47. The van der Waals surface area contributed by atoms with E-state index in [1.165, 1.54) is 76.9 Å². The molecular formula is C40H45N2Si. The fourth-order valence-electron chi connectivity index (χ4n) is 7.05. The minimum atomic E-state index is -0.690. The Labute approximate surface area is 261 Å². The largest absolute Gasteiger partial charge is 0.323 e. The highest BCUT2D eigenvalue weighted by molar-refractivity contribution is 6.65. The van der Waals surface area contributed by atoms with Gasteiger partial charge < -0.3 is 9.80 Å². The highest BCUT2D eigenvalue weighted by Gasteiger charge is 2.37. The third-order valence-corrected chi connectivity index (χ3v) is 10.8. The summed E-state index contributed by atoms with van der Waals surface area (Å²) in [6.45, 7) is 12.0. The summed E-state index contributed by atoms with van der Waals surface area (Å²) < 4.78 is 0. The monoisotopic (exact) mass is 581 g/mol. The quantitative estimate of drug-likeness (QED) is 0.183. The molecular weight excluding hydrogens is 537 g/mol. The Bertz CT molecular complexity index is 1620. The Kier molecular flexibility index (Phi) is 8.72. The normalized spacial score (nSPS) is 19.4. The standard InChI is InChI=1S/C40H45N2Si/c1-6-7-8-12-20-35-30(3)40(34-24-23-32(26-29(34)2)31-17-10-9-11-18-31)42(28-38(35)43(4)5)39-27-33-19-13-14-21-36(33)37-22-15-16-25-41(37)39/h9-11,13-19,21-28,37,40H,6-8,12,20H2,1-5H3. The van der Waals surface area contributed by atoms with E-state index in [2.05, 4.69) is 153 Å². The first-order valence-electron chi connectivity index (χ1n) is 16.1. The summed E-state index contributed by atoms with van der Waals surface area (Å²) in [6, 6.07) is 27.1. The lowest BCUT2D eigenvalue weighted by Crippen LogP contribution is -2.39. The van der Waals surface area contributed by atoms with Crippen LogP contribution in [-0.4, -0.2) is 18.6 Å². The van der Waals surface area contributed by atoms with Gasteiger partial charge in [0.15, 0.2) is 0 Å². The van der Waals surface area contributed by atoms with Crippen molar-refractivity contribution < 1.29 is 0 Å². The van der Waals surface area contributed by atoms with Crippen molar-refractivity contribution in [3.63, 3.8) is 0 Å². The number of aryl methyl sites for hydroxylation is 1. The molecule has 0 aliphatic carbocycles. The number of hydrogen-bond donors (Lipinski definition) is 0. The van der Waals surface area contributed by atoms with Gasteiger partial charge in [-0.2, -0.15) is 0 Å². The summed E-state index contributed by atoms with van der Waals surface area (Å²) in [5, 5.41) is 1.58. The van der Waals surface area contributed by atoms with E-state index in [-0.39, 0.29) is 12.1 Å². The maximum atomic E-state index is 2.62. The van der Waals surface area contributed by atoms with Crippen LogP contribution in [0.4, 0.5) is 0 Å². The molecule has 3 aromatic rings. The molecule has 3 aliphatic heterocycles. The minimum absolute atomic E-state index is 0.146. The summed E-state index contributed by atoms with van der Waals surface area (Å²) in [6.07, 6.45) is 20.3. The zero-order valence-corrected chi connectivity index (χ0v) is 27.5. The maximum absolute atomic E-state index is 2.62. The number of hydrogen-bond acceptors (Lipinski definition) is 2. The molecule has 3 heterocycles. The zero-order chi connectivity index (χ0) is 29.9. The molecule has 3 heteroatoms. The second kappa shape index (κ2) is 12.8. The lowest BCUT2D eigenvalue weighted by Gasteiger charge is -2.47. The molecule has 0 N–H and O–H groups in total. The predicted octanol–water partition coefficient (Wildman–Crippen LogP) is 10.9. The van der Waals surface area contributed by atoms with Crippen LogP contribution in [0.3, 0.4) is 0 Å². The highest BCUT2D eigenvalue weighted by atomic mass is 28.3. The molecule has 0 saturated heterocycles. The van der Waals surface area contributed by atoms with Crippen LogP contribution in [0.1, 0.15) is 80.3 Å². The fraction of sp³-hybridized carbons (Fsp3) is 0.300. The van der Waals surface area contributed by atoms with Crippen LogP contribution in [0.5, 0.6) is 0 Å². The Morgan fingerprint density at radius 2 is 1.56 bits per heavy atom. The summed E-state index contributed by atoms with van der Waals surface area (Å²) >= 11 is 0. The molecule has 0 saturated carbocycles. The third-order valence-electron chi connectivity index (χ3n) is 9.33. The molecule has 0 fully saturated rings. The molecule has 219 valence electrons. The molecule has 0 spiro atoms. The van der Waals surface area contributed by atoms with Gasteiger partial charge in [0, 0.05) is 12.4 Å². The van der Waals surface area contributed by atoms with Crippen molar-refractivity contribution in [2.24, 2.45) is 0 Å². The van der Waals surface area contributed by atoms with E-state index in [0.717, 1.165) is 0 Å². The first-order chi connectivity index (χ1) is 21.0. The molecule has 0 aromatic heterocycles. The van der Waals surface area contributed by atoms with E-state index >= 15 is 0 Å². The van der Waals surface area contributed by atoms with Crippen LogP contribution < -0.4 is 0 Å². The molecule has 43 heavy (non-hydrogen) atoms. The van der Waals surface area contributed by atoms with E-state index in [0.29, 0.717) is 0 Å². The number of rotatable bonds is 9. The van der Waals surface area contributed by atoms with Gasteiger partial charge in [0.25, 0.3) is 0 Å². The van der Waals surface area contributed by atoms with Gasteiger partial charge in [-0.15, -0.1) is 0 Å². The van der Waals surface area contributed by atoms with Crippen molar-refractivity contribution in [3.05, 3.63) is 148 Å². The number of fused-ring (bicyclic) bond motifs is 3. The fourth-order valence-corrected chi connectivity index (χ4v) is 8.37. The summed E-state index contributed by atoms with van der Waals surface area (Å²) in [5.74, 6) is 1.26. The van der Waals surface area contributed by atoms with Crippen molar-refractivity contribution in [2.75, 3.05) is 0 Å². The number of nitrogens with zero attached hydrogens (tertiary/aromatic N) is 2. The van der Waals surface area contributed by atoms with E-state index in [9.17, 15) is 0 Å². The van der Waals surface area contributed by atoms with Crippen molar-refractivity contribution >= 4 is 14.9 Å². The van der Waals surface area contributed by atoms with Gasteiger partial charge in [-0.3, -0.25) is 0 Å². The van der Waals surface area contributed by atoms with Crippen LogP contribution in [0.2, 0.25) is 13.1 Å². The van der Waals surface area contributed by atoms with E-state index in [1.807, 2.05) is 0 Å². The van der Waals surface area contributed by atoms with E-state index < -0.39 is 8.80 Å². The van der Waals surface area contributed by atoms with Crippen LogP contribution >= 0.6 is 0 Å².